The number of hydrogen-bond acceptors (Lipinski definition) is 5. The Morgan fingerprint density at radius 3 is 2.83 bits per heavy atom. The van der Waals surface area contributed by atoms with Crippen LogP contribution in [0.1, 0.15) is 16.0 Å². The molecule has 0 atom stereocenters. The van der Waals surface area contributed by atoms with Gasteiger partial charge in [-0.3, -0.25) is 9.69 Å². The van der Waals surface area contributed by atoms with E-state index in [-0.39, 0.29) is 18.6 Å². The maximum absolute atomic E-state index is 11.8. The first-order valence-corrected chi connectivity index (χ1v) is 6.53. The van der Waals surface area contributed by atoms with Crippen molar-refractivity contribution in [3.05, 3.63) is 16.0 Å². The molecule has 0 saturated carbocycles. The second-order valence-electron chi connectivity index (χ2n) is 4.50. The third kappa shape index (κ3) is 2.53. The van der Waals surface area contributed by atoms with Gasteiger partial charge in [-0.15, -0.1) is 11.3 Å². The first kappa shape index (κ1) is 13.0. The highest BCUT2D eigenvalue weighted by Crippen LogP contribution is 2.31. The van der Waals surface area contributed by atoms with Gasteiger partial charge in [-0.25, -0.2) is 0 Å². The molecule has 0 radical (unpaired) electrons. The molecule has 1 amide bonds. The molecule has 0 bridgehead atoms. The van der Waals surface area contributed by atoms with Gasteiger partial charge < -0.3 is 10.4 Å². The van der Waals surface area contributed by atoms with Gasteiger partial charge in [0.2, 0.25) is 5.91 Å². The number of aryl methyl sites for hydroxylation is 1. The summed E-state index contributed by atoms with van der Waals surface area (Å²) in [6, 6.07) is 2.12. The zero-order chi connectivity index (χ0) is 13.3. The standard InChI is InChI=1S/C12H15N3O2S/c1-7-8(2)18-12(10(7)3-13)14-11(17)6-15-4-9(16)5-15/h9,16H,4-6H2,1-2H3,(H,14,17). The molecule has 2 rings (SSSR count). The molecule has 0 aromatic carbocycles. The van der Waals surface area contributed by atoms with E-state index in [0.717, 1.165) is 10.4 Å². The van der Waals surface area contributed by atoms with Crippen LogP contribution in [-0.2, 0) is 4.79 Å². The second kappa shape index (κ2) is 5.06. The van der Waals surface area contributed by atoms with Crippen molar-refractivity contribution in [2.45, 2.75) is 20.0 Å². The number of likely N-dealkylation sites (tertiary alicyclic amines) is 1. The summed E-state index contributed by atoms with van der Waals surface area (Å²) in [5.41, 5.74) is 1.48. The Bertz CT molecular complexity index is 512. The third-order valence-corrected chi connectivity index (χ3v) is 4.18. The van der Waals surface area contributed by atoms with Gasteiger partial charge in [0.15, 0.2) is 0 Å². The molecule has 1 aromatic heterocycles. The molecule has 1 aromatic rings. The lowest BCUT2D eigenvalue weighted by Gasteiger charge is -2.34. The van der Waals surface area contributed by atoms with Crippen molar-refractivity contribution in [3.8, 4) is 6.07 Å². The third-order valence-electron chi connectivity index (χ3n) is 3.06. The van der Waals surface area contributed by atoms with Gasteiger partial charge >= 0.3 is 0 Å². The van der Waals surface area contributed by atoms with Gasteiger partial charge in [0, 0.05) is 18.0 Å². The van der Waals surface area contributed by atoms with Crippen molar-refractivity contribution in [2.75, 3.05) is 25.0 Å². The highest BCUT2D eigenvalue weighted by molar-refractivity contribution is 7.16. The van der Waals surface area contributed by atoms with E-state index in [4.69, 9.17) is 10.4 Å². The van der Waals surface area contributed by atoms with Crippen molar-refractivity contribution in [1.29, 1.82) is 5.26 Å². The number of carbonyl (C=O) groups is 1. The molecule has 0 unspecified atom stereocenters. The SMILES string of the molecule is Cc1sc(NC(=O)CN2CC(O)C2)c(C#N)c1C. The van der Waals surface area contributed by atoms with E-state index in [0.29, 0.717) is 23.7 Å². The number of amides is 1. The predicted octanol–water partition coefficient (Wildman–Crippen LogP) is 0.852. The summed E-state index contributed by atoms with van der Waals surface area (Å²) in [6.07, 6.45) is -0.307. The van der Waals surface area contributed by atoms with Gasteiger partial charge in [0.1, 0.15) is 11.1 Å². The first-order chi connectivity index (χ1) is 8.51. The largest absolute Gasteiger partial charge is 0.390 e. The van der Waals surface area contributed by atoms with E-state index in [9.17, 15) is 4.79 Å². The molecule has 18 heavy (non-hydrogen) atoms. The van der Waals surface area contributed by atoms with Gasteiger partial charge in [0.25, 0.3) is 0 Å². The molecule has 1 saturated heterocycles. The smallest absolute Gasteiger partial charge is 0.239 e. The highest BCUT2D eigenvalue weighted by Gasteiger charge is 2.26. The molecule has 2 heterocycles. The minimum atomic E-state index is -0.307. The second-order valence-corrected chi connectivity index (χ2v) is 5.72. The number of nitrogens with one attached hydrogen (secondary N) is 1. The number of carbonyl (C=O) groups excluding carboxylic acids is 1. The summed E-state index contributed by atoms with van der Waals surface area (Å²) in [5, 5.41) is 21.6. The molecular weight excluding hydrogens is 250 g/mol. The fourth-order valence-corrected chi connectivity index (χ4v) is 2.92. The minimum Gasteiger partial charge on any atom is -0.390 e. The lowest BCUT2D eigenvalue weighted by atomic mass is 10.1. The Kier molecular flexibility index (Phi) is 3.66. The number of thiophene rings is 1. The number of nitriles is 1. The number of aliphatic hydroxyl groups excluding tert-OH is 1. The molecule has 96 valence electrons. The van der Waals surface area contributed by atoms with Crippen LogP contribution in [-0.4, -0.2) is 41.7 Å². The quantitative estimate of drug-likeness (QED) is 0.849. The Morgan fingerprint density at radius 1 is 1.61 bits per heavy atom. The molecule has 1 aliphatic heterocycles. The Hall–Kier alpha value is -1.42. The molecular formula is C12H15N3O2S. The number of aliphatic hydroxyl groups is 1. The van der Waals surface area contributed by atoms with E-state index >= 15 is 0 Å². The summed E-state index contributed by atoms with van der Waals surface area (Å²) in [4.78, 5) is 14.7. The zero-order valence-corrected chi connectivity index (χ0v) is 11.2. The fraction of sp³-hybridized carbons (Fsp3) is 0.500. The Balaban J connectivity index is 1.99. The van der Waals surface area contributed by atoms with Crippen molar-refractivity contribution >= 4 is 22.2 Å². The lowest BCUT2D eigenvalue weighted by Crippen LogP contribution is -2.53. The Labute approximate surface area is 110 Å². The van der Waals surface area contributed by atoms with Crippen LogP contribution in [0.5, 0.6) is 0 Å². The van der Waals surface area contributed by atoms with Crippen LogP contribution in [0.25, 0.3) is 0 Å². The molecule has 1 aliphatic rings. The van der Waals surface area contributed by atoms with E-state index in [1.165, 1.54) is 11.3 Å². The summed E-state index contributed by atoms with van der Waals surface area (Å²) in [6.45, 7) is 5.16. The van der Waals surface area contributed by atoms with E-state index in [1.807, 2.05) is 18.7 Å². The molecule has 2 N–H and O–H groups in total. The summed E-state index contributed by atoms with van der Waals surface area (Å²) >= 11 is 1.42. The minimum absolute atomic E-state index is 0.139. The average Bonchev–Trinajstić information content (AvgIpc) is 2.52. The van der Waals surface area contributed by atoms with E-state index in [1.54, 1.807) is 0 Å². The molecule has 0 spiro atoms. The monoisotopic (exact) mass is 265 g/mol. The van der Waals surface area contributed by atoms with Crippen LogP contribution in [0, 0.1) is 25.2 Å². The van der Waals surface area contributed by atoms with Gasteiger partial charge in [-0.1, -0.05) is 0 Å². The van der Waals surface area contributed by atoms with Crippen LogP contribution in [0.2, 0.25) is 0 Å². The fourth-order valence-electron chi connectivity index (χ4n) is 1.89. The number of rotatable bonds is 3. The van der Waals surface area contributed by atoms with Crippen LogP contribution in [0.4, 0.5) is 5.00 Å². The number of nitrogens with zero attached hydrogens (tertiary/aromatic N) is 2. The summed E-state index contributed by atoms with van der Waals surface area (Å²) < 4.78 is 0. The maximum atomic E-state index is 11.8. The number of hydrogen-bond donors (Lipinski definition) is 2. The van der Waals surface area contributed by atoms with Crippen LogP contribution in [0.15, 0.2) is 0 Å². The number of anilines is 1. The van der Waals surface area contributed by atoms with E-state index in [2.05, 4.69) is 11.4 Å². The van der Waals surface area contributed by atoms with Crippen LogP contribution >= 0.6 is 11.3 Å². The first-order valence-electron chi connectivity index (χ1n) is 5.71. The van der Waals surface area contributed by atoms with Gasteiger partial charge in [-0.05, 0) is 19.4 Å². The lowest BCUT2D eigenvalue weighted by molar-refractivity contribution is -0.119. The van der Waals surface area contributed by atoms with Crippen LogP contribution in [0.3, 0.4) is 0 Å². The van der Waals surface area contributed by atoms with Crippen molar-refractivity contribution in [1.82, 2.24) is 4.90 Å². The Morgan fingerprint density at radius 2 is 2.28 bits per heavy atom. The maximum Gasteiger partial charge on any atom is 0.239 e. The van der Waals surface area contributed by atoms with E-state index < -0.39 is 0 Å². The molecule has 6 heteroatoms. The van der Waals surface area contributed by atoms with Gasteiger partial charge in [-0.2, -0.15) is 5.26 Å². The average molecular weight is 265 g/mol. The molecule has 1 fully saturated rings. The molecule has 0 aliphatic carbocycles. The summed E-state index contributed by atoms with van der Waals surface area (Å²) in [5.74, 6) is -0.139. The van der Waals surface area contributed by atoms with Crippen LogP contribution < -0.4 is 5.32 Å². The van der Waals surface area contributed by atoms with Crippen molar-refractivity contribution in [2.24, 2.45) is 0 Å². The molecule has 5 nitrogen and oxygen atoms in total. The number of β-amino-alcohol motifs (C(OH)–C–C–N with tert-alkyl or cyclic N) is 1. The summed E-state index contributed by atoms with van der Waals surface area (Å²) in [7, 11) is 0. The van der Waals surface area contributed by atoms with Gasteiger partial charge in [0.05, 0.1) is 18.2 Å². The van der Waals surface area contributed by atoms with Crippen molar-refractivity contribution in [3.63, 3.8) is 0 Å². The highest BCUT2D eigenvalue weighted by atomic mass is 32.1. The predicted molar refractivity (Wildman–Crippen MR) is 69.6 cm³/mol. The van der Waals surface area contributed by atoms with Crippen molar-refractivity contribution < 1.29 is 9.90 Å². The normalized spacial score (nSPS) is 16.1. The topological polar surface area (TPSA) is 76.4 Å². The zero-order valence-electron chi connectivity index (χ0n) is 10.4.